The third kappa shape index (κ3) is 3.51. The zero-order chi connectivity index (χ0) is 22.1. The molecule has 32 heavy (non-hydrogen) atoms. The van der Waals surface area contributed by atoms with Crippen molar-refractivity contribution < 1.29 is 20.0 Å². The first kappa shape index (κ1) is 20.2. The van der Waals surface area contributed by atoms with Crippen LogP contribution in [0.2, 0.25) is 0 Å². The molecule has 1 unspecified atom stereocenters. The molecule has 5 nitrogen and oxygen atoms in total. The van der Waals surface area contributed by atoms with Gasteiger partial charge in [0.2, 0.25) is 0 Å². The van der Waals surface area contributed by atoms with Crippen LogP contribution in [0.25, 0.3) is 10.8 Å². The third-order valence-corrected chi connectivity index (χ3v) is 6.43. The molecule has 0 aliphatic heterocycles. The summed E-state index contributed by atoms with van der Waals surface area (Å²) in [6.45, 7) is 0. The number of hydrogen-bond donors (Lipinski definition) is 2. The average molecular weight is 425 g/mol. The molecule has 0 aromatic heterocycles. The van der Waals surface area contributed by atoms with E-state index in [0.29, 0.717) is 5.75 Å². The first-order valence-corrected chi connectivity index (χ1v) is 10.7. The number of quaternary nitrogens is 1. The number of benzene rings is 4. The zero-order valence-corrected chi connectivity index (χ0v) is 17.3. The van der Waals surface area contributed by atoms with Crippen molar-refractivity contribution in [3.63, 3.8) is 0 Å². The van der Waals surface area contributed by atoms with E-state index in [4.69, 9.17) is 4.84 Å². The van der Waals surface area contributed by atoms with Crippen LogP contribution in [0.4, 0.5) is 0 Å². The van der Waals surface area contributed by atoms with E-state index in [0.717, 1.165) is 21.9 Å². The summed E-state index contributed by atoms with van der Waals surface area (Å²) in [4.78, 5) is 18.2. The summed E-state index contributed by atoms with van der Waals surface area (Å²) in [5.74, 6) is -2.03. The molecule has 0 spiro atoms. The maximum atomic E-state index is 13.6. The number of fused-ring (bicyclic) bond motifs is 1. The summed E-state index contributed by atoms with van der Waals surface area (Å²) < 4.78 is 0. The van der Waals surface area contributed by atoms with Crippen LogP contribution >= 0.6 is 0 Å². The van der Waals surface area contributed by atoms with Crippen molar-refractivity contribution in [2.24, 2.45) is 5.92 Å². The second kappa shape index (κ2) is 8.46. The molecule has 3 atom stereocenters. The number of rotatable bonds is 6. The molecule has 1 aliphatic carbocycles. The molecule has 1 fully saturated rings. The number of nitrogens with one attached hydrogen (secondary N) is 1. The molecule has 160 valence electrons. The summed E-state index contributed by atoms with van der Waals surface area (Å²) >= 11 is 0. The monoisotopic (exact) mass is 425 g/mol. The van der Waals surface area contributed by atoms with Crippen molar-refractivity contribution in [1.29, 1.82) is 0 Å². The minimum atomic E-state index is -0.901. The maximum Gasteiger partial charge on any atom is 0.308 e. The molecule has 1 saturated carbocycles. The molecule has 4 aromatic rings. The van der Waals surface area contributed by atoms with Gasteiger partial charge in [0.25, 0.3) is 0 Å². The Morgan fingerprint density at radius 1 is 0.750 bits per heavy atom. The van der Waals surface area contributed by atoms with E-state index in [1.54, 1.807) is 6.07 Å². The topological polar surface area (TPSA) is 74.0 Å². The third-order valence-electron chi connectivity index (χ3n) is 6.43. The highest BCUT2D eigenvalue weighted by molar-refractivity contribution is 5.88. The lowest BCUT2D eigenvalue weighted by Crippen LogP contribution is -3.16. The Balaban J connectivity index is 1.55. The molecule has 0 bridgehead atoms. The normalized spacial score (nSPS) is 23.3. The highest BCUT2D eigenvalue weighted by Crippen LogP contribution is 2.52. The lowest BCUT2D eigenvalue weighted by Gasteiger charge is -2.51. The maximum absolute atomic E-state index is 13.6. The van der Waals surface area contributed by atoms with Crippen LogP contribution in [0.15, 0.2) is 103 Å². The van der Waals surface area contributed by atoms with Gasteiger partial charge in [0.15, 0.2) is 5.75 Å². The van der Waals surface area contributed by atoms with Gasteiger partial charge in [-0.25, -0.2) is 0 Å². The number of aliphatic carboxylic acids is 1. The SMILES string of the molecule is O=C(O)C1[C@@H](c2ccccc2)C([NH+]([O-])Oc2cccc3ccccc23)[C@@H]1c1ccccc1. The second-order valence-corrected chi connectivity index (χ2v) is 8.16. The van der Waals surface area contributed by atoms with Crippen LogP contribution < -0.4 is 10.1 Å². The molecule has 1 aliphatic rings. The lowest BCUT2D eigenvalue weighted by molar-refractivity contribution is -1.05. The fourth-order valence-corrected chi connectivity index (χ4v) is 4.99. The Kier molecular flexibility index (Phi) is 5.35. The molecule has 0 heterocycles. The molecule has 0 amide bonds. The summed E-state index contributed by atoms with van der Waals surface area (Å²) in [7, 11) is 0. The first-order valence-electron chi connectivity index (χ1n) is 10.7. The summed E-state index contributed by atoms with van der Waals surface area (Å²) in [5, 5.41) is 25.1. The highest BCUT2D eigenvalue weighted by atomic mass is 16.9. The van der Waals surface area contributed by atoms with Gasteiger partial charge in [0.1, 0.15) is 6.04 Å². The molecule has 5 rings (SSSR count). The van der Waals surface area contributed by atoms with Gasteiger partial charge >= 0.3 is 5.97 Å². The van der Waals surface area contributed by atoms with Crippen LogP contribution in [0.3, 0.4) is 0 Å². The molecule has 0 radical (unpaired) electrons. The molecule has 2 N–H and O–H groups in total. The number of hydrogen-bond acceptors (Lipinski definition) is 3. The van der Waals surface area contributed by atoms with Crippen molar-refractivity contribution in [2.75, 3.05) is 0 Å². The van der Waals surface area contributed by atoms with Gasteiger partial charge < -0.3 is 15.2 Å². The van der Waals surface area contributed by atoms with Crippen molar-refractivity contribution in [2.45, 2.75) is 17.9 Å². The predicted octanol–water partition coefficient (Wildman–Crippen LogP) is 4.17. The highest BCUT2D eigenvalue weighted by Gasteiger charge is 2.60. The van der Waals surface area contributed by atoms with E-state index >= 15 is 0 Å². The van der Waals surface area contributed by atoms with Gasteiger partial charge in [-0.3, -0.25) is 4.79 Å². The molecular formula is C27H23NO4. The Morgan fingerprint density at radius 3 is 1.88 bits per heavy atom. The van der Waals surface area contributed by atoms with Crippen LogP contribution in [-0.4, -0.2) is 17.1 Å². The Morgan fingerprint density at radius 2 is 1.28 bits per heavy atom. The van der Waals surface area contributed by atoms with E-state index in [-0.39, 0.29) is 0 Å². The van der Waals surface area contributed by atoms with Gasteiger partial charge in [0, 0.05) is 5.39 Å². The number of carboxylic acid groups (broad SMARTS) is 1. The Labute approximate surface area is 186 Å². The number of hydroxylamine groups is 2. The summed E-state index contributed by atoms with van der Waals surface area (Å²) in [6.07, 6.45) is 0. The largest absolute Gasteiger partial charge is 0.590 e. The molecular weight excluding hydrogens is 402 g/mol. The standard InChI is InChI=1S/C27H23NO4/c29-27(30)25-23(19-11-3-1-4-12-19)26(24(25)20-13-5-2-6-14-20)28(31)32-22-17-9-15-18-10-7-8-16-21(18)22/h1-17,23-26,28H,(H,29,30)/t23-,24-,25?,26?/m1/s1. The van der Waals surface area contributed by atoms with Crippen LogP contribution in [-0.2, 0) is 4.79 Å². The van der Waals surface area contributed by atoms with Gasteiger partial charge in [-0.15, -0.1) is 0 Å². The number of carbonyl (C=O) groups is 1. The smallest absolute Gasteiger partial charge is 0.308 e. The van der Waals surface area contributed by atoms with Gasteiger partial charge in [-0.05, 0) is 22.6 Å². The van der Waals surface area contributed by atoms with Gasteiger partial charge in [-0.2, -0.15) is 5.23 Å². The van der Waals surface area contributed by atoms with E-state index in [2.05, 4.69) is 0 Å². The first-order chi connectivity index (χ1) is 15.6. The van der Waals surface area contributed by atoms with Crippen LogP contribution in [0, 0.1) is 11.1 Å². The quantitative estimate of drug-likeness (QED) is 0.455. The zero-order valence-electron chi connectivity index (χ0n) is 17.3. The van der Waals surface area contributed by atoms with Crippen molar-refractivity contribution >= 4 is 16.7 Å². The van der Waals surface area contributed by atoms with Gasteiger partial charge in [0.05, 0.1) is 17.8 Å². The average Bonchev–Trinajstić information content (AvgIpc) is 2.80. The van der Waals surface area contributed by atoms with Gasteiger partial charge in [-0.1, -0.05) is 97.1 Å². The fraction of sp³-hybridized carbons (Fsp3) is 0.148. The Bertz CT molecular complexity index is 1180. The van der Waals surface area contributed by atoms with Crippen molar-refractivity contribution in [1.82, 2.24) is 0 Å². The number of carboxylic acids is 1. The van der Waals surface area contributed by atoms with E-state index in [9.17, 15) is 15.1 Å². The second-order valence-electron chi connectivity index (χ2n) is 8.16. The van der Waals surface area contributed by atoms with Crippen molar-refractivity contribution in [3.05, 3.63) is 119 Å². The minimum Gasteiger partial charge on any atom is -0.590 e. The summed E-state index contributed by atoms with van der Waals surface area (Å²) in [6, 6.07) is 31.6. The van der Waals surface area contributed by atoms with Crippen molar-refractivity contribution in [3.8, 4) is 5.75 Å². The lowest BCUT2D eigenvalue weighted by atomic mass is 9.56. The van der Waals surface area contributed by atoms with Crippen LogP contribution in [0.1, 0.15) is 23.0 Å². The molecule has 4 aromatic carbocycles. The van der Waals surface area contributed by atoms with E-state index in [1.807, 2.05) is 97.1 Å². The summed E-state index contributed by atoms with van der Waals surface area (Å²) in [5.41, 5.74) is 1.68. The fourth-order valence-electron chi connectivity index (χ4n) is 4.99. The van der Waals surface area contributed by atoms with Crippen LogP contribution in [0.5, 0.6) is 5.75 Å². The van der Waals surface area contributed by atoms with E-state index in [1.165, 1.54) is 0 Å². The van der Waals surface area contributed by atoms with E-state index < -0.39 is 35.0 Å². The predicted molar refractivity (Wildman–Crippen MR) is 122 cm³/mol. The molecule has 0 saturated heterocycles. The Hall–Kier alpha value is -3.67. The molecule has 5 heteroatoms. The minimum absolute atomic E-state index is 0.401.